The van der Waals surface area contributed by atoms with Crippen LogP contribution in [0, 0.1) is 6.92 Å². The smallest absolute Gasteiger partial charge is 0.258 e. The molecule has 0 aliphatic rings. The van der Waals surface area contributed by atoms with Crippen molar-refractivity contribution in [3.05, 3.63) is 72.3 Å². The van der Waals surface area contributed by atoms with E-state index in [1.807, 2.05) is 73.7 Å². The number of hydrogen-bond donors (Lipinski definition) is 1. The molecule has 0 unspecified atom stereocenters. The van der Waals surface area contributed by atoms with Crippen LogP contribution in [0.3, 0.4) is 0 Å². The van der Waals surface area contributed by atoms with Crippen LogP contribution in [0.25, 0.3) is 10.8 Å². The van der Waals surface area contributed by atoms with E-state index in [1.54, 1.807) is 0 Å². The third kappa shape index (κ3) is 4.73. The third-order valence-corrected chi connectivity index (χ3v) is 3.79. The standard InChI is InChI=1S/C21H21NO3/c1-16-6-4-9-18(14-16)24-13-12-22-21(23)15-25-20-11-5-8-17-7-2-3-10-19(17)20/h2-11,14H,12-13,15H2,1H3,(H,22,23). The van der Waals surface area contributed by atoms with Gasteiger partial charge in [-0.2, -0.15) is 0 Å². The van der Waals surface area contributed by atoms with E-state index in [2.05, 4.69) is 5.32 Å². The first-order valence-electron chi connectivity index (χ1n) is 8.29. The molecular formula is C21H21NO3. The molecule has 0 saturated heterocycles. The fourth-order valence-electron chi connectivity index (χ4n) is 2.58. The Balaban J connectivity index is 1.43. The predicted molar refractivity (Wildman–Crippen MR) is 99.1 cm³/mol. The molecule has 0 spiro atoms. The van der Waals surface area contributed by atoms with Gasteiger partial charge in [0.1, 0.15) is 18.1 Å². The summed E-state index contributed by atoms with van der Waals surface area (Å²) in [4.78, 5) is 11.9. The number of carbonyl (C=O) groups excluding carboxylic acids is 1. The molecule has 0 saturated carbocycles. The zero-order valence-electron chi connectivity index (χ0n) is 14.2. The topological polar surface area (TPSA) is 47.6 Å². The number of benzene rings is 3. The van der Waals surface area contributed by atoms with E-state index in [-0.39, 0.29) is 12.5 Å². The van der Waals surface area contributed by atoms with Gasteiger partial charge in [-0.15, -0.1) is 0 Å². The largest absolute Gasteiger partial charge is 0.492 e. The van der Waals surface area contributed by atoms with Crippen LogP contribution < -0.4 is 14.8 Å². The van der Waals surface area contributed by atoms with Crippen LogP contribution in [-0.4, -0.2) is 25.7 Å². The molecular weight excluding hydrogens is 314 g/mol. The van der Waals surface area contributed by atoms with Gasteiger partial charge in [0.25, 0.3) is 5.91 Å². The summed E-state index contributed by atoms with van der Waals surface area (Å²) in [6, 6.07) is 21.6. The highest BCUT2D eigenvalue weighted by Crippen LogP contribution is 2.24. The molecule has 1 amide bonds. The number of aryl methyl sites for hydroxylation is 1. The van der Waals surface area contributed by atoms with Gasteiger partial charge in [0.15, 0.2) is 6.61 Å². The van der Waals surface area contributed by atoms with Crippen LogP contribution in [0.5, 0.6) is 11.5 Å². The summed E-state index contributed by atoms with van der Waals surface area (Å²) >= 11 is 0. The molecule has 0 aromatic heterocycles. The Morgan fingerprint density at radius 2 is 1.76 bits per heavy atom. The van der Waals surface area contributed by atoms with Crippen LogP contribution in [0.4, 0.5) is 0 Å². The van der Waals surface area contributed by atoms with Crippen LogP contribution >= 0.6 is 0 Å². The summed E-state index contributed by atoms with van der Waals surface area (Å²) in [5.74, 6) is 1.35. The Labute approximate surface area is 147 Å². The molecule has 25 heavy (non-hydrogen) atoms. The SMILES string of the molecule is Cc1cccc(OCCNC(=O)COc2cccc3ccccc23)c1. The maximum atomic E-state index is 11.9. The minimum Gasteiger partial charge on any atom is -0.492 e. The second-order valence-corrected chi connectivity index (χ2v) is 5.78. The van der Waals surface area contributed by atoms with Crippen LogP contribution in [0.15, 0.2) is 66.7 Å². The number of nitrogens with one attached hydrogen (secondary N) is 1. The fraction of sp³-hybridized carbons (Fsp3) is 0.190. The maximum absolute atomic E-state index is 11.9. The van der Waals surface area contributed by atoms with Crippen LogP contribution in [0.1, 0.15) is 5.56 Å². The van der Waals surface area contributed by atoms with Crippen molar-refractivity contribution in [3.8, 4) is 11.5 Å². The minimum absolute atomic E-state index is 0.0154. The highest BCUT2D eigenvalue weighted by Gasteiger charge is 2.05. The molecule has 128 valence electrons. The molecule has 0 aliphatic carbocycles. The van der Waals surface area contributed by atoms with Crippen molar-refractivity contribution >= 4 is 16.7 Å². The van der Waals surface area contributed by atoms with Crippen molar-refractivity contribution in [2.45, 2.75) is 6.92 Å². The Kier molecular flexibility index (Phi) is 5.52. The minimum atomic E-state index is -0.166. The Bertz CT molecular complexity index is 855. The number of carbonyl (C=O) groups is 1. The zero-order chi connectivity index (χ0) is 17.5. The van der Waals surface area contributed by atoms with Gasteiger partial charge in [0.05, 0.1) is 6.54 Å². The molecule has 3 rings (SSSR count). The maximum Gasteiger partial charge on any atom is 0.258 e. The lowest BCUT2D eigenvalue weighted by molar-refractivity contribution is -0.123. The van der Waals surface area contributed by atoms with Gasteiger partial charge in [0.2, 0.25) is 0 Å². The van der Waals surface area contributed by atoms with Crippen LogP contribution in [0.2, 0.25) is 0 Å². The van der Waals surface area contributed by atoms with Crippen molar-refractivity contribution in [2.24, 2.45) is 0 Å². The molecule has 4 nitrogen and oxygen atoms in total. The normalized spacial score (nSPS) is 10.4. The number of fused-ring (bicyclic) bond motifs is 1. The molecule has 3 aromatic carbocycles. The molecule has 0 aliphatic heterocycles. The van der Waals surface area contributed by atoms with Gasteiger partial charge < -0.3 is 14.8 Å². The predicted octanol–water partition coefficient (Wildman–Crippen LogP) is 3.72. The van der Waals surface area contributed by atoms with Crippen molar-refractivity contribution in [1.29, 1.82) is 0 Å². The van der Waals surface area contributed by atoms with Crippen molar-refractivity contribution in [1.82, 2.24) is 5.32 Å². The third-order valence-electron chi connectivity index (χ3n) is 3.79. The molecule has 4 heteroatoms. The first-order chi connectivity index (χ1) is 12.2. The van der Waals surface area contributed by atoms with Gasteiger partial charge >= 0.3 is 0 Å². The second kappa shape index (κ2) is 8.20. The fourth-order valence-corrected chi connectivity index (χ4v) is 2.58. The summed E-state index contributed by atoms with van der Waals surface area (Å²) in [6.07, 6.45) is 0. The second-order valence-electron chi connectivity index (χ2n) is 5.78. The van der Waals surface area contributed by atoms with Crippen LogP contribution in [-0.2, 0) is 4.79 Å². The average molecular weight is 335 g/mol. The van der Waals surface area contributed by atoms with Crippen molar-refractivity contribution in [3.63, 3.8) is 0 Å². The molecule has 0 heterocycles. The summed E-state index contributed by atoms with van der Waals surface area (Å²) in [5, 5.41) is 4.89. The quantitative estimate of drug-likeness (QED) is 0.669. The van der Waals surface area contributed by atoms with Gasteiger partial charge in [-0.05, 0) is 36.1 Å². The Hall–Kier alpha value is -3.01. The number of hydrogen-bond acceptors (Lipinski definition) is 3. The van der Waals surface area contributed by atoms with E-state index in [0.717, 1.165) is 22.1 Å². The molecule has 3 aromatic rings. The molecule has 0 fully saturated rings. The van der Waals surface area contributed by atoms with Gasteiger partial charge in [-0.1, -0.05) is 48.5 Å². The first kappa shape index (κ1) is 16.8. The highest BCUT2D eigenvalue weighted by atomic mass is 16.5. The summed E-state index contributed by atoms with van der Waals surface area (Å²) in [5.41, 5.74) is 1.14. The number of ether oxygens (including phenoxy) is 2. The van der Waals surface area contributed by atoms with E-state index in [0.29, 0.717) is 18.9 Å². The molecule has 0 radical (unpaired) electrons. The lowest BCUT2D eigenvalue weighted by atomic mass is 10.1. The highest BCUT2D eigenvalue weighted by molar-refractivity contribution is 5.88. The Morgan fingerprint density at radius 1 is 0.960 bits per heavy atom. The van der Waals surface area contributed by atoms with E-state index >= 15 is 0 Å². The Morgan fingerprint density at radius 3 is 2.64 bits per heavy atom. The average Bonchev–Trinajstić information content (AvgIpc) is 2.63. The van der Waals surface area contributed by atoms with Crippen molar-refractivity contribution in [2.75, 3.05) is 19.8 Å². The zero-order valence-corrected chi connectivity index (χ0v) is 14.2. The van der Waals surface area contributed by atoms with Crippen molar-refractivity contribution < 1.29 is 14.3 Å². The first-order valence-corrected chi connectivity index (χ1v) is 8.29. The molecule has 0 atom stereocenters. The van der Waals surface area contributed by atoms with Gasteiger partial charge in [-0.3, -0.25) is 4.79 Å². The van der Waals surface area contributed by atoms with E-state index in [9.17, 15) is 4.79 Å². The summed E-state index contributed by atoms with van der Waals surface area (Å²) < 4.78 is 11.3. The molecule has 0 bridgehead atoms. The van der Waals surface area contributed by atoms with E-state index < -0.39 is 0 Å². The van der Waals surface area contributed by atoms with Gasteiger partial charge in [-0.25, -0.2) is 0 Å². The molecule has 1 N–H and O–H groups in total. The summed E-state index contributed by atoms with van der Waals surface area (Å²) in [7, 11) is 0. The number of rotatable bonds is 7. The van der Waals surface area contributed by atoms with E-state index in [4.69, 9.17) is 9.47 Å². The lowest BCUT2D eigenvalue weighted by Gasteiger charge is -2.10. The monoisotopic (exact) mass is 335 g/mol. The number of amides is 1. The lowest BCUT2D eigenvalue weighted by Crippen LogP contribution is -2.32. The van der Waals surface area contributed by atoms with Gasteiger partial charge in [0, 0.05) is 5.39 Å². The van der Waals surface area contributed by atoms with E-state index in [1.165, 1.54) is 0 Å². The summed E-state index contributed by atoms with van der Waals surface area (Å²) in [6.45, 7) is 2.85.